The van der Waals surface area contributed by atoms with E-state index < -0.39 is 0 Å². The van der Waals surface area contributed by atoms with Gasteiger partial charge in [0.1, 0.15) is 5.75 Å². The molecule has 0 aromatic heterocycles. The van der Waals surface area contributed by atoms with E-state index in [0.29, 0.717) is 6.54 Å². The molecule has 1 aliphatic rings. The predicted octanol–water partition coefficient (Wildman–Crippen LogP) is 1.64. The molecule has 0 amide bonds. The molecule has 1 atom stereocenters. The van der Waals surface area contributed by atoms with Gasteiger partial charge in [-0.15, -0.1) is 0 Å². The number of hydrogen-bond acceptors (Lipinski definition) is 4. The van der Waals surface area contributed by atoms with Crippen LogP contribution in [-0.4, -0.2) is 49.3 Å². The maximum atomic E-state index is 6.11. The van der Waals surface area contributed by atoms with Gasteiger partial charge in [-0.2, -0.15) is 0 Å². The summed E-state index contributed by atoms with van der Waals surface area (Å²) in [6.45, 7) is 11.3. The Morgan fingerprint density at radius 3 is 2.67 bits per heavy atom. The number of benzene rings is 1. The quantitative estimate of drug-likeness (QED) is 0.836. The molecule has 1 unspecified atom stereocenters. The van der Waals surface area contributed by atoms with Crippen molar-refractivity contribution in [2.45, 2.75) is 38.8 Å². The van der Waals surface area contributed by atoms with Gasteiger partial charge in [-0.3, -0.25) is 4.90 Å². The van der Waals surface area contributed by atoms with E-state index in [4.69, 9.17) is 10.5 Å². The number of nitrogens with zero attached hydrogens (tertiary/aromatic N) is 1. The predicted molar refractivity (Wildman–Crippen MR) is 87.8 cm³/mol. The minimum atomic E-state index is 0.0125. The maximum Gasteiger partial charge on any atom is 0.119 e. The topological polar surface area (TPSA) is 50.5 Å². The second-order valence-corrected chi connectivity index (χ2v) is 6.43. The third-order valence-corrected chi connectivity index (χ3v) is 4.18. The van der Waals surface area contributed by atoms with Gasteiger partial charge in [-0.1, -0.05) is 12.1 Å². The number of hydrogen-bond donors (Lipinski definition) is 2. The molecule has 118 valence electrons. The Hall–Kier alpha value is -1.10. The summed E-state index contributed by atoms with van der Waals surface area (Å²) in [4.78, 5) is 2.51. The first-order chi connectivity index (χ1) is 10.0. The fourth-order valence-electron chi connectivity index (χ4n) is 2.96. The van der Waals surface area contributed by atoms with Crippen molar-refractivity contribution in [2.24, 2.45) is 5.73 Å². The van der Waals surface area contributed by atoms with Crippen LogP contribution in [0.25, 0.3) is 0 Å². The molecule has 21 heavy (non-hydrogen) atoms. The van der Waals surface area contributed by atoms with Crippen molar-refractivity contribution in [3.63, 3.8) is 0 Å². The molecule has 0 radical (unpaired) electrons. The van der Waals surface area contributed by atoms with Gasteiger partial charge in [0.15, 0.2) is 0 Å². The molecule has 1 fully saturated rings. The average molecular weight is 291 g/mol. The third-order valence-electron chi connectivity index (χ3n) is 4.18. The summed E-state index contributed by atoms with van der Waals surface area (Å²) in [5, 5.41) is 3.40. The number of piperazine rings is 1. The Balaban J connectivity index is 2.10. The zero-order valence-electron chi connectivity index (χ0n) is 13.6. The van der Waals surface area contributed by atoms with E-state index in [1.807, 2.05) is 6.07 Å². The molecule has 0 aliphatic carbocycles. The number of ether oxygens (including phenoxy) is 1. The normalized spacial score (nSPS) is 19.5. The molecule has 1 aromatic carbocycles. The molecule has 4 nitrogen and oxygen atoms in total. The van der Waals surface area contributed by atoms with Gasteiger partial charge in [0.2, 0.25) is 0 Å². The number of nitrogens with two attached hydrogens (primary N) is 1. The molecule has 0 bridgehead atoms. The first kappa shape index (κ1) is 16.3. The van der Waals surface area contributed by atoms with Crippen LogP contribution in [0.5, 0.6) is 5.75 Å². The summed E-state index contributed by atoms with van der Waals surface area (Å²) < 4.78 is 5.79. The minimum absolute atomic E-state index is 0.0125. The Morgan fingerprint density at radius 1 is 1.33 bits per heavy atom. The third kappa shape index (κ3) is 4.43. The Morgan fingerprint density at radius 2 is 2.05 bits per heavy atom. The molecule has 1 heterocycles. The largest absolute Gasteiger partial charge is 0.491 e. The van der Waals surface area contributed by atoms with E-state index in [-0.39, 0.29) is 11.6 Å². The van der Waals surface area contributed by atoms with Crippen LogP contribution >= 0.6 is 0 Å². The zero-order chi connectivity index (χ0) is 15.3. The summed E-state index contributed by atoms with van der Waals surface area (Å²) in [6, 6.07) is 8.41. The number of nitrogens with one attached hydrogen (secondary N) is 1. The van der Waals surface area contributed by atoms with Crippen LogP contribution in [0.4, 0.5) is 0 Å². The van der Waals surface area contributed by atoms with Crippen molar-refractivity contribution in [3.8, 4) is 5.75 Å². The molecule has 2 rings (SSSR count). The molecule has 0 saturated carbocycles. The van der Waals surface area contributed by atoms with Gasteiger partial charge in [0, 0.05) is 38.3 Å². The van der Waals surface area contributed by atoms with Crippen LogP contribution < -0.4 is 15.8 Å². The summed E-state index contributed by atoms with van der Waals surface area (Å²) in [5.41, 5.74) is 7.41. The lowest BCUT2D eigenvalue weighted by Crippen LogP contribution is -2.59. The summed E-state index contributed by atoms with van der Waals surface area (Å²) in [5.74, 6) is 0.946. The van der Waals surface area contributed by atoms with Crippen molar-refractivity contribution < 1.29 is 4.74 Å². The van der Waals surface area contributed by atoms with Gasteiger partial charge >= 0.3 is 0 Å². The standard InChI is InChI=1S/C17H29N3O/c1-14(2)21-16-6-4-5-15(11-16)12-17(3,13-18)20-9-7-19-8-10-20/h4-6,11,14,19H,7-10,12-13,18H2,1-3H3. The van der Waals surface area contributed by atoms with E-state index in [2.05, 4.69) is 49.2 Å². The molecule has 1 aliphatic heterocycles. The van der Waals surface area contributed by atoms with Crippen molar-refractivity contribution >= 4 is 0 Å². The molecule has 1 aromatic rings. The van der Waals surface area contributed by atoms with Crippen molar-refractivity contribution in [2.75, 3.05) is 32.7 Å². The monoisotopic (exact) mass is 291 g/mol. The van der Waals surface area contributed by atoms with Crippen LogP contribution in [-0.2, 0) is 6.42 Å². The lowest BCUT2D eigenvalue weighted by atomic mass is 9.90. The fraction of sp³-hybridized carbons (Fsp3) is 0.647. The minimum Gasteiger partial charge on any atom is -0.491 e. The van der Waals surface area contributed by atoms with Crippen LogP contribution in [0.2, 0.25) is 0 Å². The molecule has 1 saturated heterocycles. The van der Waals surface area contributed by atoms with Crippen molar-refractivity contribution in [3.05, 3.63) is 29.8 Å². The van der Waals surface area contributed by atoms with E-state index in [1.54, 1.807) is 0 Å². The van der Waals surface area contributed by atoms with Crippen molar-refractivity contribution in [1.29, 1.82) is 0 Å². The van der Waals surface area contributed by atoms with Crippen LogP contribution in [0.1, 0.15) is 26.3 Å². The SMILES string of the molecule is CC(C)Oc1cccc(CC(C)(CN)N2CCNCC2)c1. The van der Waals surface area contributed by atoms with Gasteiger partial charge in [0.05, 0.1) is 6.10 Å². The number of rotatable bonds is 6. The molecular weight excluding hydrogens is 262 g/mol. The van der Waals surface area contributed by atoms with Gasteiger partial charge in [-0.05, 0) is 44.9 Å². The highest BCUT2D eigenvalue weighted by molar-refractivity contribution is 5.30. The lowest BCUT2D eigenvalue weighted by Gasteiger charge is -2.43. The smallest absolute Gasteiger partial charge is 0.119 e. The summed E-state index contributed by atoms with van der Waals surface area (Å²) in [7, 11) is 0. The highest BCUT2D eigenvalue weighted by Gasteiger charge is 2.31. The first-order valence-corrected chi connectivity index (χ1v) is 7.95. The van der Waals surface area contributed by atoms with Crippen LogP contribution in [0.3, 0.4) is 0 Å². The second-order valence-electron chi connectivity index (χ2n) is 6.43. The Bertz CT molecular complexity index is 443. The molecular formula is C17H29N3O. The molecule has 4 heteroatoms. The highest BCUT2D eigenvalue weighted by Crippen LogP contribution is 2.23. The van der Waals surface area contributed by atoms with Crippen LogP contribution in [0.15, 0.2) is 24.3 Å². The lowest BCUT2D eigenvalue weighted by molar-refractivity contribution is 0.0945. The van der Waals surface area contributed by atoms with E-state index >= 15 is 0 Å². The van der Waals surface area contributed by atoms with Gasteiger partial charge < -0.3 is 15.8 Å². The highest BCUT2D eigenvalue weighted by atomic mass is 16.5. The summed E-state index contributed by atoms with van der Waals surface area (Å²) >= 11 is 0. The van der Waals surface area contributed by atoms with Crippen LogP contribution in [0, 0.1) is 0 Å². The van der Waals surface area contributed by atoms with E-state index in [1.165, 1.54) is 5.56 Å². The van der Waals surface area contributed by atoms with Gasteiger partial charge in [-0.25, -0.2) is 0 Å². The molecule has 3 N–H and O–H groups in total. The Kier molecular flexibility index (Phi) is 5.62. The maximum absolute atomic E-state index is 6.11. The van der Waals surface area contributed by atoms with E-state index in [0.717, 1.165) is 38.3 Å². The Labute approximate surface area is 128 Å². The van der Waals surface area contributed by atoms with Crippen molar-refractivity contribution in [1.82, 2.24) is 10.2 Å². The fourth-order valence-corrected chi connectivity index (χ4v) is 2.96. The summed E-state index contributed by atoms with van der Waals surface area (Å²) in [6.07, 6.45) is 1.16. The van der Waals surface area contributed by atoms with E-state index in [9.17, 15) is 0 Å². The molecule has 0 spiro atoms. The second kappa shape index (κ2) is 7.25. The zero-order valence-corrected chi connectivity index (χ0v) is 13.6. The van der Waals surface area contributed by atoms with Gasteiger partial charge in [0.25, 0.3) is 0 Å². The first-order valence-electron chi connectivity index (χ1n) is 7.95. The average Bonchev–Trinajstić information content (AvgIpc) is 2.47.